The van der Waals surface area contributed by atoms with E-state index in [4.69, 9.17) is 4.43 Å². The van der Waals surface area contributed by atoms with Gasteiger partial charge < -0.3 is 9.53 Å². The second kappa shape index (κ2) is 6.62. The normalized spacial score (nSPS) is 35.6. The van der Waals surface area contributed by atoms with Crippen molar-refractivity contribution in [1.82, 2.24) is 0 Å². The lowest BCUT2D eigenvalue weighted by Crippen LogP contribution is -2.44. The lowest BCUT2D eigenvalue weighted by molar-refractivity contribution is -0.0228. The van der Waals surface area contributed by atoms with E-state index in [1.54, 1.807) is 11.1 Å². The van der Waals surface area contributed by atoms with E-state index in [-0.39, 0.29) is 16.9 Å². The van der Waals surface area contributed by atoms with Gasteiger partial charge in [-0.3, -0.25) is 0 Å². The Morgan fingerprint density at radius 2 is 1.85 bits per heavy atom. The molecule has 5 atom stereocenters. The Hall–Kier alpha value is -0.803. The summed E-state index contributed by atoms with van der Waals surface area (Å²) in [5, 5.41) is 10.6. The SMILES string of the molecule is C[SiH](C)Oc1cc(C(C)(C)C)cc2c1[C@H]1CC[C@]3(C)[C@@H](O)CC[C@H]3[C@@H]1CC2. The largest absolute Gasteiger partial charge is 0.547 e. The van der Waals surface area contributed by atoms with Gasteiger partial charge in [-0.1, -0.05) is 33.8 Å². The number of hydrogen-bond donors (Lipinski definition) is 1. The summed E-state index contributed by atoms with van der Waals surface area (Å²) in [6.07, 6.45) is 6.97. The Labute approximate surface area is 167 Å². The molecule has 0 aromatic heterocycles. The fraction of sp³-hybridized carbons (Fsp3) is 0.750. The summed E-state index contributed by atoms with van der Waals surface area (Å²) < 4.78 is 6.54. The first kappa shape index (κ1) is 19.5. The highest BCUT2D eigenvalue weighted by Crippen LogP contribution is 2.62. The van der Waals surface area contributed by atoms with Gasteiger partial charge in [-0.15, -0.1) is 0 Å². The van der Waals surface area contributed by atoms with Crippen molar-refractivity contribution in [3.05, 3.63) is 28.8 Å². The van der Waals surface area contributed by atoms with Gasteiger partial charge in [-0.05, 0) is 103 Å². The lowest BCUT2D eigenvalue weighted by Gasteiger charge is -2.50. The molecule has 0 saturated heterocycles. The van der Waals surface area contributed by atoms with Crippen LogP contribution in [-0.2, 0) is 11.8 Å². The van der Waals surface area contributed by atoms with Gasteiger partial charge in [0.25, 0.3) is 0 Å². The summed E-state index contributed by atoms with van der Waals surface area (Å²) >= 11 is 0. The molecule has 0 unspecified atom stereocenters. The molecule has 2 nitrogen and oxygen atoms in total. The van der Waals surface area contributed by atoms with Crippen LogP contribution < -0.4 is 4.43 Å². The molecule has 150 valence electrons. The zero-order valence-corrected chi connectivity index (χ0v) is 19.3. The molecular formula is C24H38O2Si. The molecule has 0 heterocycles. The molecule has 3 aliphatic carbocycles. The van der Waals surface area contributed by atoms with Crippen LogP contribution in [0.25, 0.3) is 0 Å². The first-order valence-electron chi connectivity index (χ1n) is 11.1. The van der Waals surface area contributed by atoms with E-state index in [9.17, 15) is 5.11 Å². The maximum Gasteiger partial charge on any atom is 0.229 e. The van der Waals surface area contributed by atoms with Crippen molar-refractivity contribution in [1.29, 1.82) is 0 Å². The maximum absolute atomic E-state index is 10.6. The number of aryl methyl sites for hydroxylation is 1. The van der Waals surface area contributed by atoms with Crippen LogP contribution in [0.4, 0.5) is 0 Å². The van der Waals surface area contributed by atoms with Crippen LogP contribution in [0.3, 0.4) is 0 Å². The van der Waals surface area contributed by atoms with E-state index in [2.05, 4.69) is 52.9 Å². The summed E-state index contributed by atoms with van der Waals surface area (Å²) in [7, 11) is -1.16. The van der Waals surface area contributed by atoms with E-state index in [1.807, 2.05) is 0 Å². The molecule has 3 heteroatoms. The Morgan fingerprint density at radius 3 is 2.52 bits per heavy atom. The van der Waals surface area contributed by atoms with Crippen LogP contribution in [0.15, 0.2) is 12.1 Å². The van der Waals surface area contributed by atoms with E-state index in [1.165, 1.54) is 43.4 Å². The van der Waals surface area contributed by atoms with Gasteiger partial charge in [-0.25, -0.2) is 0 Å². The van der Waals surface area contributed by atoms with Crippen molar-refractivity contribution in [2.45, 2.75) is 96.8 Å². The second-order valence-electron chi connectivity index (χ2n) is 11.0. The molecule has 0 amide bonds. The van der Waals surface area contributed by atoms with Gasteiger partial charge in [0.1, 0.15) is 5.75 Å². The number of rotatable bonds is 2. The maximum atomic E-state index is 10.6. The molecule has 2 fully saturated rings. The average molecular weight is 387 g/mol. The minimum Gasteiger partial charge on any atom is -0.547 e. The highest BCUT2D eigenvalue weighted by Gasteiger charge is 2.54. The standard InChI is InChI=1S/C24H38O2Si/c1-23(2,3)16-13-15-7-8-17-18(22(15)20(14-16)26-27(5)6)11-12-24(4)19(17)9-10-21(24)25/h13-14,17-19,21,25,27H,7-12H2,1-6H3/t17-,18+,19+,21+,24+/m1/s1. The predicted octanol–water partition coefficient (Wildman–Crippen LogP) is 5.56. The Morgan fingerprint density at radius 1 is 1.11 bits per heavy atom. The fourth-order valence-corrected chi connectivity index (χ4v) is 7.14. The first-order chi connectivity index (χ1) is 12.6. The van der Waals surface area contributed by atoms with Gasteiger partial charge in [-0.2, -0.15) is 0 Å². The minimum absolute atomic E-state index is 0.0908. The third kappa shape index (κ3) is 3.19. The van der Waals surface area contributed by atoms with Crippen LogP contribution in [0, 0.1) is 17.3 Å². The summed E-state index contributed by atoms with van der Waals surface area (Å²) in [6.45, 7) is 13.8. The smallest absolute Gasteiger partial charge is 0.229 e. The fourth-order valence-electron chi connectivity index (χ4n) is 6.44. The highest BCUT2D eigenvalue weighted by atomic mass is 28.3. The molecule has 0 aliphatic heterocycles. The van der Waals surface area contributed by atoms with Crippen molar-refractivity contribution in [3.63, 3.8) is 0 Å². The molecule has 1 N–H and O–H groups in total. The van der Waals surface area contributed by atoms with Gasteiger partial charge in [0.15, 0.2) is 0 Å². The van der Waals surface area contributed by atoms with Crippen molar-refractivity contribution >= 4 is 9.04 Å². The molecule has 0 radical (unpaired) electrons. The molecule has 2 saturated carbocycles. The van der Waals surface area contributed by atoms with Crippen molar-refractivity contribution in [2.75, 3.05) is 0 Å². The number of aliphatic hydroxyl groups excluding tert-OH is 1. The summed E-state index contributed by atoms with van der Waals surface area (Å²) in [5.41, 5.74) is 4.82. The molecule has 1 aromatic rings. The minimum atomic E-state index is -1.16. The molecule has 27 heavy (non-hydrogen) atoms. The van der Waals surface area contributed by atoms with E-state index in [0.29, 0.717) is 11.8 Å². The van der Waals surface area contributed by atoms with Crippen LogP contribution in [0.1, 0.15) is 82.4 Å². The van der Waals surface area contributed by atoms with E-state index < -0.39 is 9.04 Å². The molecule has 1 aromatic carbocycles. The van der Waals surface area contributed by atoms with Gasteiger partial charge in [0, 0.05) is 0 Å². The lowest BCUT2D eigenvalue weighted by atomic mass is 9.55. The summed E-state index contributed by atoms with van der Waals surface area (Å²) in [6, 6.07) is 4.85. The Balaban J connectivity index is 1.77. The van der Waals surface area contributed by atoms with Crippen molar-refractivity contribution in [3.8, 4) is 5.75 Å². The van der Waals surface area contributed by atoms with Crippen molar-refractivity contribution < 1.29 is 9.53 Å². The second-order valence-corrected chi connectivity index (χ2v) is 13.4. The average Bonchev–Trinajstić information content (AvgIpc) is 2.88. The topological polar surface area (TPSA) is 29.5 Å². The Bertz CT molecular complexity index is 720. The number of hydrogen-bond acceptors (Lipinski definition) is 2. The third-order valence-electron chi connectivity index (χ3n) is 7.96. The van der Waals surface area contributed by atoms with Crippen LogP contribution >= 0.6 is 0 Å². The van der Waals surface area contributed by atoms with Gasteiger partial charge in [0.05, 0.1) is 6.10 Å². The molecular weight excluding hydrogens is 348 g/mol. The van der Waals surface area contributed by atoms with Crippen LogP contribution in [0.2, 0.25) is 13.1 Å². The summed E-state index contributed by atoms with van der Waals surface area (Å²) in [5.74, 6) is 3.25. The number of fused-ring (bicyclic) bond motifs is 5. The molecule has 0 bridgehead atoms. The quantitative estimate of drug-likeness (QED) is 0.674. The van der Waals surface area contributed by atoms with Crippen LogP contribution in [-0.4, -0.2) is 20.3 Å². The van der Waals surface area contributed by atoms with E-state index in [0.717, 1.165) is 12.3 Å². The number of aliphatic hydroxyl groups is 1. The van der Waals surface area contributed by atoms with Crippen LogP contribution in [0.5, 0.6) is 5.75 Å². The zero-order chi connectivity index (χ0) is 19.6. The summed E-state index contributed by atoms with van der Waals surface area (Å²) in [4.78, 5) is 0. The highest BCUT2D eigenvalue weighted by molar-refractivity contribution is 6.49. The molecule has 4 rings (SSSR count). The molecule has 3 aliphatic rings. The monoisotopic (exact) mass is 386 g/mol. The van der Waals surface area contributed by atoms with Gasteiger partial charge >= 0.3 is 0 Å². The number of benzene rings is 1. The molecule has 0 spiro atoms. The zero-order valence-electron chi connectivity index (χ0n) is 18.1. The van der Waals surface area contributed by atoms with Crippen molar-refractivity contribution in [2.24, 2.45) is 17.3 Å². The Kier molecular flexibility index (Phi) is 4.79. The van der Waals surface area contributed by atoms with E-state index >= 15 is 0 Å². The first-order valence-corrected chi connectivity index (χ1v) is 13.9. The van der Waals surface area contributed by atoms with Gasteiger partial charge in [0.2, 0.25) is 9.04 Å². The predicted molar refractivity (Wildman–Crippen MR) is 115 cm³/mol. The third-order valence-corrected chi connectivity index (χ3v) is 8.69.